The third-order valence-corrected chi connectivity index (χ3v) is 7.53. The zero-order valence-electron chi connectivity index (χ0n) is 20.9. The smallest absolute Gasteiger partial charge is 0.338 e. The second-order valence-corrected chi connectivity index (χ2v) is 10.2. The molecule has 4 heterocycles. The van der Waals surface area contributed by atoms with E-state index in [0.29, 0.717) is 29.5 Å². The summed E-state index contributed by atoms with van der Waals surface area (Å²) in [4.78, 5) is 31.6. The number of tetrazole rings is 1. The largest absolute Gasteiger partial charge is 0.457 e. The minimum Gasteiger partial charge on any atom is -0.457 e. The molecule has 10 heteroatoms. The molecule has 2 aromatic heterocycles. The van der Waals surface area contributed by atoms with Crippen molar-refractivity contribution in [3.05, 3.63) is 64.6 Å². The maximum Gasteiger partial charge on any atom is 0.338 e. The number of amides is 1. The Kier molecular flexibility index (Phi) is 6.53. The van der Waals surface area contributed by atoms with Crippen LogP contribution in [0.15, 0.2) is 36.8 Å². The van der Waals surface area contributed by atoms with Gasteiger partial charge in [-0.05, 0) is 92.2 Å². The fraction of sp³-hybridized carbons (Fsp3) is 0.462. The number of benzene rings is 1. The van der Waals surface area contributed by atoms with E-state index >= 15 is 0 Å². The quantitative estimate of drug-likeness (QED) is 0.504. The van der Waals surface area contributed by atoms with Gasteiger partial charge in [-0.15, -0.1) is 5.10 Å². The zero-order valence-corrected chi connectivity index (χ0v) is 20.9. The van der Waals surface area contributed by atoms with E-state index in [-0.39, 0.29) is 17.4 Å². The van der Waals surface area contributed by atoms with E-state index in [2.05, 4.69) is 57.6 Å². The molecular formula is C26H31N7O3. The van der Waals surface area contributed by atoms with Crippen molar-refractivity contribution in [2.45, 2.75) is 52.2 Å². The van der Waals surface area contributed by atoms with Crippen molar-refractivity contribution in [1.29, 1.82) is 0 Å². The van der Waals surface area contributed by atoms with Crippen LogP contribution in [-0.4, -0.2) is 67.1 Å². The van der Waals surface area contributed by atoms with E-state index in [0.717, 1.165) is 44.5 Å². The number of hydrogen-bond acceptors (Lipinski definition) is 8. The third-order valence-electron chi connectivity index (χ3n) is 7.53. The number of esters is 1. The number of carbonyl (C=O) groups is 2. The van der Waals surface area contributed by atoms with Crippen molar-refractivity contribution in [1.82, 2.24) is 35.4 Å². The second-order valence-electron chi connectivity index (χ2n) is 10.2. The molecule has 1 amide bonds. The van der Waals surface area contributed by atoms with Gasteiger partial charge in [0.1, 0.15) is 12.9 Å². The van der Waals surface area contributed by atoms with Crippen LogP contribution in [0.2, 0.25) is 0 Å². The predicted molar refractivity (Wildman–Crippen MR) is 132 cm³/mol. The normalized spacial score (nSPS) is 18.1. The van der Waals surface area contributed by atoms with Crippen molar-refractivity contribution in [2.75, 3.05) is 19.6 Å². The van der Waals surface area contributed by atoms with Gasteiger partial charge >= 0.3 is 5.97 Å². The minimum atomic E-state index is -0.370. The molecule has 0 radical (unpaired) electrons. The van der Waals surface area contributed by atoms with Crippen LogP contribution in [-0.2, 0) is 17.8 Å². The number of ether oxygens (including phenoxy) is 1. The molecule has 10 nitrogen and oxygen atoms in total. The van der Waals surface area contributed by atoms with Crippen LogP contribution >= 0.6 is 0 Å². The molecule has 2 aliphatic rings. The average Bonchev–Trinajstić information content (AvgIpc) is 3.54. The van der Waals surface area contributed by atoms with Crippen LogP contribution in [0.1, 0.15) is 64.1 Å². The Labute approximate surface area is 210 Å². The number of fused-ring (bicyclic) bond motifs is 1. The Morgan fingerprint density at radius 2 is 2.11 bits per heavy atom. The van der Waals surface area contributed by atoms with Crippen LogP contribution < -0.4 is 5.32 Å². The Hall–Kier alpha value is -3.66. The Balaban J connectivity index is 1.18. The summed E-state index contributed by atoms with van der Waals surface area (Å²) >= 11 is 0. The molecule has 1 aromatic carbocycles. The lowest BCUT2D eigenvalue weighted by molar-refractivity contribution is 0.0534. The summed E-state index contributed by atoms with van der Waals surface area (Å²) in [5, 5.41) is 14.3. The van der Waals surface area contributed by atoms with Gasteiger partial charge in [0.25, 0.3) is 5.91 Å². The first-order chi connectivity index (χ1) is 17.3. The highest BCUT2D eigenvalue weighted by molar-refractivity contribution is 5.94. The summed E-state index contributed by atoms with van der Waals surface area (Å²) in [6, 6.07) is 7.42. The van der Waals surface area contributed by atoms with Crippen LogP contribution in [0.25, 0.3) is 5.82 Å². The molecular weight excluding hydrogens is 458 g/mol. The molecule has 188 valence electrons. The van der Waals surface area contributed by atoms with E-state index in [1.807, 2.05) is 6.07 Å². The fourth-order valence-electron chi connectivity index (χ4n) is 5.18. The standard InChI is InChI=1S/C26H31N7O3/c1-17-18(6-8-21-22(17)15-36-25(21)35)10-12-32-11-4-5-20(14-32)26(2,3)29-24(34)19-7-9-23(27-13-19)33-16-28-30-31-33/h6-9,13,16,20H,4-5,10-12,14-15H2,1-3H3,(H,29,34). The van der Waals surface area contributed by atoms with Gasteiger partial charge < -0.3 is 15.0 Å². The first kappa shape index (κ1) is 24.1. The van der Waals surface area contributed by atoms with Gasteiger partial charge in [-0.1, -0.05) is 6.07 Å². The number of nitrogens with zero attached hydrogens (tertiary/aromatic N) is 6. The lowest BCUT2D eigenvalue weighted by atomic mass is 9.81. The average molecular weight is 490 g/mol. The summed E-state index contributed by atoms with van der Waals surface area (Å²) in [7, 11) is 0. The molecule has 5 rings (SSSR count). The molecule has 0 bridgehead atoms. The van der Waals surface area contributed by atoms with E-state index in [1.54, 1.807) is 18.3 Å². The number of piperidine rings is 1. The SMILES string of the molecule is Cc1c(CCN2CCCC(C(C)(C)NC(=O)c3ccc(-n4cnnn4)nc3)C2)ccc2c1COC2=O. The Bertz CT molecular complexity index is 1260. The number of nitrogens with one attached hydrogen (secondary N) is 1. The molecule has 1 atom stereocenters. The van der Waals surface area contributed by atoms with E-state index in [9.17, 15) is 9.59 Å². The number of aromatic nitrogens is 5. The molecule has 0 aliphatic carbocycles. The van der Waals surface area contributed by atoms with Crippen molar-refractivity contribution < 1.29 is 14.3 Å². The number of carbonyl (C=O) groups excluding carboxylic acids is 2. The highest BCUT2D eigenvalue weighted by Gasteiger charge is 2.34. The van der Waals surface area contributed by atoms with Crippen molar-refractivity contribution in [3.8, 4) is 5.82 Å². The van der Waals surface area contributed by atoms with Crippen molar-refractivity contribution >= 4 is 11.9 Å². The van der Waals surface area contributed by atoms with Gasteiger partial charge in [0.15, 0.2) is 5.82 Å². The van der Waals surface area contributed by atoms with Crippen LogP contribution in [0.3, 0.4) is 0 Å². The van der Waals surface area contributed by atoms with E-state index < -0.39 is 0 Å². The number of pyridine rings is 1. The van der Waals surface area contributed by atoms with Crippen LogP contribution in [0.5, 0.6) is 0 Å². The highest BCUT2D eigenvalue weighted by atomic mass is 16.5. The molecule has 0 saturated carbocycles. The molecule has 1 N–H and O–H groups in total. The van der Waals surface area contributed by atoms with Gasteiger partial charge in [0.05, 0.1) is 11.1 Å². The molecule has 1 fully saturated rings. The maximum atomic E-state index is 13.0. The van der Waals surface area contributed by atoms with Gasteiger partial charge in [0.2, 0.25) is 0 Å². The second kappa shape index (κ2) is 9.77. The van der Waals surface area contributed by atoms with E-state index in [4.69, 9.17) is 4.74 Å². The van der Waals surface area contributed by atoms with E-state index in [1.165, 1.54) is 22.1 Å². The van der Waals surface area contributed by atoms with Gasteiger partial charge in [-0.25, -0.2) is 9.78 Å². The molecule has 2 aliphatic heterocycles. The molecule has 1 unspecified atom stereocenters. The summed E-state index contributed by atoms with van der Waals surface area (Å²) in [5.41, 5.74) is 4.29. The minimum absolute atomic E-state index is 0.140. The molecule has 3 aromatic rings. The first-order valence-corrected chi connectivity index (χ1v) is 12.3. The van der Waals surface area contributed by atoms with Crippen LogP contribution in [0.4, 0.5) is 0 Å². The Morgan fingerprint density at radius 3 is 2.86 bits per heavy atom. The summed E-state index contributed by atoms with van der Waals surface area (Å²) in [6.45, 7) is 9.58. The molecule has 1 saturated heterocycles. The first-order valence-electron chi connectivity index (χ1n) is 12.3. The van der Waals surface area contributed by atoms with Gasteiger partial charge in [-0.3, -0.25) is 4.79 Å². The molecule has 0 spiro atoms. The predicted octanol–water partition coefficient (Wildman–Crippen LogP) is 2.50. The lowest BCUT2D eigenvalue weighted by Crippen LogP contribution is -2.54. The lowest BCUT2D eigenvalue weighted by Gasteiger charge is -2.42. The number of hydrogen-bond donors (Lipinski definition) is 1. The van der Waals surface area contributed by atoms with Gasteiger partial charge in [-0.2, -0.15) is 4.68 Å². The third kappa shape index (κ3) is 4.86. The highest BCUT2D eigenvalue weighted by Crippen LogP contribution is 2.29. The Morgan fingerprint density at radius 1 is 1.25 bits per heavy atom. The van der Waals surface area contributed by atoms with Gasteiger partial charge in [0, 0.05) is 30.4 Å². The topological polar surface area (TPSA) is 115 Å². The zero-order chi connectivity index (χ0) is 25.3. The number of cyclic esters (lactones) is 1. The van der Waals surface area contributed by atoms with Crippen LogP contribution in [0, 0.1) is 12.8 Å². The monoisotopic (exact) mass is 489 g/mol. The maximum absolute atomic E-state index is 13.0. The number of likely N-dealkylation sites (tertiary alicyclic amines) is 1. The summed E-state index contributed by atoms with van der Waals surface area (Å²) in [5.74, 6) is 0.521. The fourth-order valence-corrected chi connectivity index (χ4v) is 5.18. The summed E-state index contributed by atoms with van der Waals surface area (Å²) < 4.78 is 6.64. The van der Waals surface area contributed by atoms with Crippen molar-refractivity contribution in [2.24, 2.45) is 5.92 Å². The molecule has 36 heavy (non-hydrogen) atoms. The number of rotatable bonds is 7. The summed E-state index contributed by atoms with van der Waals surface area (Å²) in [6.07, 6.45) is 6.09. The van der Waals surface area contributed by atoms with Crippen molar-refractivity contribution in [3.63, 3.8) is 0 Å².